The number of hydrogen-bond acceptors (Lipinski definition) is 6. The minimum atomic E-state index is -0.640. The summed E-state index contributed by atoms with van der Waals surface area (Å²) in [7, 11) is 0. The molecule has 2 aromatic carbocycles. The Morgan fingerprint density at radius 3 is 2.28 bits per heavy atom. The van der Waals surface area contributed by atoms with Gasteiger partial charge in [-0.05, 0) is 23.6 Å². The number of fused-ring (bicyclic) bond motifs is 2. The van der Waals surface area contributed by atoms with E-state index in [-0.39, 0.29) is 38.7 Å². The van der Waals surface area contributed by atoms with Crippen LogP contribution in [0.2, 0.25) is 5.02 Å². The summed E-state index contributed by atoms with van der Waals surface area (Å²) in [6.07, 6.45) is 0. The van der Waals surface area contributed by atoms with Crippen molar-refractivity contribution in [2.24, 2.45) is 0 Å². The van der Waals surface area contributed by atoms with E-state index in [2.05, 4.69) is 5.32 Å². The number of esters is 1. The molecule has 1 amide bonds. The lowest BCUT2D eigenvalue weighted by atomic mass is 9.83. The average molecular weight is 426 g/mol. The van der Waals surface area contributed by atoms with E-state index < -0.39 is 24.3 Å². The largest absolute Gasteiger partial charge is 0.451 e. The van der Waals surface area contributed by atoms with Crippen LogP contribution in [-0.2, 0) is 9.53 Å². The van der Waals surface area contributed by atoms with Crippen LogP contribution in [-0.4, -0.2) is 30.0 Å². The monoisotopic (exact) mass is 425 g/mol. The molecular weight excluding hydrogens is 414 g/mol. The fourth-order valence-electron chi connectivity index (χ4n) is 3.07. The molecule has 0 aliphatic heterocycles. The first-order valence-corrected chi connectivity index (χ1v) is 9.74. The molecular formula is C21H12ClNO5S. The van der Waals surface area contributed by atoms with Crippen molar-refractivity contribution in [1.82, 2.24) is 0 Å². The van der Waals surface area contributed by atoms with Crippen molar-refractivity contribution in [3.05, 3.63) is 86.1 Å². The maximum atomic E-state index is 13.0. The topological polar surface area (TPSA) is 89.5 Å². The van der Waals surface area contributed by atoms with Gasteiger partial charge in [0.05, 0.1) is 21.8 Å². The molecule has 1 N–H and O–H groups in total. The molecule has 1 heterocycles. The maximum absolute atomic E-state index is 13.0. The van der Waals surface area contributed by atoms with Gasteiger partial charge in [-0.3, -0.25) is 14.4 Å². The summed E-state index contributed by atoms with van der Waals surface area (Å²) in [5, 5.41) is 4.37. The predicted molar refractivity (Wildman–Crippen MR) is 108 cm³/mol. The highest BCUT2D eigenvalue weighted by Crippen LogP contribution is 2.36. The molecule has 3 aromatic rings. The van der Waals surface area contributed by atoms with Crippen LogP contribution in [0.1, 0.15) is 41.5 Å². The predicted octanol–water partition coefficient (Wildman–Crippen LogP) is 3.97. The van der Waals surface area contributed by atoms with Crippen molar-refractivity contribution in [3.8, 4) is 0 Å². The Morgan fingerprint density at radius 2 is 1.62 bits per heavy atom. The third kappa shape index (κ3) is 3.46. The van der Waals surface area contributed by atoms with Crippen molar-refractivity contribution < 1.29 is 23.9 Å². The van der Waals surface area contributed by atoms with E-state index >= 15 is 0 Å². The van der Waals surface area contributed by atoms with Gasteiger partial charge in [-0.25, -0.2) is 4.79 Å². The molecule has 6 nitrogen and oxygen atoms in total. The quantitative estimate of drug-likeness (QED) is 0.499. The number of ether oxygens (including phenoxy) is 1. The second-order valence-corrected chi connectivity index (χ2v) is 7.51. The zero-order valence-corrected chi connectivity index (χ0v) is 16.3. The highest BCUT2D eigenvalue weighted by atomic mass is 35.5. The number of thiophene rings is 1. The summed E-state index contributed by atoms with van der Waals surface area (Å²) in [4.78, 5) is 50.3. The zero-order valence-electron chi connectivity index (χ0n) is 14.7. The summed E-state index contributed by atoms with van der Waals surface area (Å²) in [5.74, 6) is -2.06. The first-order chi connectivity index (χ1) is 14.0. The van der Waals surface area contributed by atoms with E-state index in [1.165, 1.54) is 23.5 Å². The summed E-state index contributed by atoms with van der Waals surface area (Å²) < 4.78 is 4.97. The average Bonchev–Trinajstić information content (AvgIpc) is 3.26. The summed E-state index contributed by atoms with van der Waals surface area (Å²) in [6, 6.07) is 12.6. The lowest BCUT2D eigenvalue weighted by Gasteiger charge is -2.21. The first kappa shape index (κ1) is 19.0. The van der Waals surface area contributed by atoms with Crippen molar-refractivity contribution in [1.29, 1.82) is 0 Å². The van der Waals surface area contributed by atoms with Crippen LogP contribution in [0.5, 0.6) is 0 Å². The van der Waals surface area contributed by atoms with Crippen LogP contribution < -0.4 is 5.32 Å². The Labute approximate surface area is 174 Å². The molecule has 0 atom stereocenters. The molecule has 0 saturated carbocycles. The zero-order chi connectivity index (χ0) is 20.5. The van der Waals surface area contributed by atoms with Crippen LogP contribution >= 0.6 is 22.9 Å². The van der Waals surface area contributed by atoms with E-state index in [9.17, 15) is 19.2 Å². The Bertz CT molecular complexity index is 1170. The third-order valence-corrected chi connectivity index (χ3v) is 5.52. The molecule has 0 saturated heterocycles. The number of nitrogens with one attached hydrogen (secondary N) is 1. The fraction of sp³-hybridized carbons (Fsp3) is 0.0476. The smallest absolute Gasteiger partial charge is 0.348 e. The SMILES string of the molecule is O=C(COC(=O)c1cccs1)Nc1ccc(Cl)c2c1C(=O)c1ccccc1C2=O. The number of benzene rings is 2. The molecule has 1 aliphatic carbocycles. The third-order valence-electron chi connectivity index (χ3n) is 4.36. The van der Waals surface area contributed by atoms with Crippen molar-refractivity contribution in [3.63, 3.8) is 0 Å². The standard InChI is InChI=1S/C21H12ClNO5S/c22-13-7-8-14(23-16(24)10-28-21(27)15-6-3-9-29-15)18-17(13)19(25)11-4-1-2-5-12(11)20(18)26/h1-9H,10H2,(H,23,24). The molecule has 1 aromatic heterocycles. The number of carbonyl (C=O) groups excluding carboxylic acids is 4. The van der Waals surface area contributed by atoms with E-state index in [0.717, 1.165) is 0 Å². The van der Waals surface area contributed by atoms with Gasteiger partial charge in [-0.15, -0.1) is 11.3 Å². The minimum Gasteiger partial charge on any atom is -0.451 e. The van der Waals surface area contributed by atoms with E-state index in [1.54, 1.807) is 41.8 Å². The van der Waals surface area contributed by atoms with Gasteiger partial charge in [-0.2, -0.15) is 0 Å². The van der Waals surface area contributed by atoms with Crippen LogP contribution in [0, 0.1) is 0 Å². The second kappa shape index (κ2) is 7.62. The molecule has 1 aliphatic rings. The maximum Gasteiger partial charge on any atom is 0.348 e. The van der Waals surface area contributed by atoms with Gasteiger partial charge in [0.25, 0.3) is 5.91 Å². The summed E-state index contributed by atoms with van der Waals surface area (Å²) in [5.41, 5.74) is 0.712. The lowest BCUT2D eigenvalue weighted by molar-refractivity contribution is -0.119. The van der Waals surface area contributed by atoms with Crippen molar-refractivity contribution >= 4 is 52.1 Å². The van der Waals surface area contributed by atoms with Crippen LogP contribution in [0.15, 0.2) is 53.9 Å². The number of rotatable bonds is 4. The minimum absolute atomic E-state index is 0.0270. The van der Waals surface area contributed by atoms with Gasteiger partial charge in [0.15, 0.2) is 18.2 Å². The molecule has 0 radical (unpaired) electrons. The van der Waals surface area contributed by atoms with E-state index in [0.29, 0.717) is 4.88 Å². The molecule has 4 rings (SSSR count). The number of amides is 1. The van der Waals surface area contributed by atoms with Gasteiger partial charge in [0, 0.05) is 11.1 Å². The first-order valence-electron chi connectivity index (χ1n) is 8.49. The van der Waals surface area contributed by atoms with Gasteiger partial charge in [-0.1, -0.05) is 41.9 Å². The van der Waals surface area contributed by atoms with Crippen molar-refractivity contribution in [2.75, 3.05) is 11.9 Å². The van der Waals surface area contributed by atoms with E-state index in [1.807, 2.05) is 0 Å². The van der Waals surface area contributed by atoms with Crippen LogP contribution in [0.3, 0.4) is 0 Å². The second-order valence-electron chi connectivity index (χ2n) is 6.15. The molecule has 0 fully saturated rings. The summed E-state index contributed by atoms with van der Waals surface area (Å²) in [6.45, 7) is -0.535. The van der Waals surface area contributed by atoms with Gasteiger partial charge < -0.3 is 10.1 Å². The normalized spacial score (nSPS) is 12.2. The molecule has 8 heteroatoms. The van der Waals surface area contributed by atoms with Gasteiger partial charge in [0.2, 0.25) is 0 Å². The Balaban J connectivity index is 1.60. The number of halogens is 1. The Morgan fingerprint density at radius 1 is 0.931 bits per heavy atom. The van der Waals surface area contributed by atoms with Crippen LogP contribution in [0.25, 0.3) is 0 Å². The number of hydrogen-bond donors (Lipinski definition) is 1. The highest BCUT2D eigenvalue weighted by Gasteiger charge is 2.33. The molecule has 0 bridgehead atoms. The molecule has 0 unspecified atom stereocenters. The Hall–Kier alpha value is -3.29. The molecule has 29 heavy (non-hydrogen) atoms. The van der Waals surface area contributed by atoms with Gasteiger partial charge in [0.1, 0.15) is 4.88 Å². The highest BCUT2D eigenvalue weighted by molar-refractivity contribution is 7.11. The fourth-order valence-corrected chi connectivity index (χ4v) is 3.93. The molecule has 0 spiro atoms. The Kier molecular flexibility index (Phi) is 5.00. The lowest BCUT2D eigenvalue weighted by Crippen LogP contribution is -2.26. The number of anilines is 1. The number of ketones is 2. The van der Waals surface area contributed by atoms with E-state index in [4.69, 9.17) is 16.3 Å². The van der Waals surface area contributed by atoms with Crippen LogP contribution in [0.4, 0.5) is 5.69 Å². The summed E-state index contributed by atoms with van der Waals surface area (Å²) >= 11 is 7.38. The van der Waals surface area contributed by atoms with Gasteiger partial charge >= 0.3 is 5.97 Å². The molecule has 144 valence electrons. The number of carbonyl (C=O) groups is 4. The van der Waals surface area contributed by atoms with Crippen molar-refractivity contribution in [2.45, 2.75) is 0 Å².